The topological polar surface area (TPSA) is 56.1 Å². The largest absolute Gasteiger partial charge is 0.383 e. The van der Waals surface area contributed by atoms with Gasteiger partial charge in [-0.2, -0.15) is 5.10 Å². The summed E-state index contributed by atoms with van der Waals surface area (Å²) in [7, 11) is 3.50. The maximum absolute atomic E-state index is 12.3. The van der Waals surface area contributed by atoms with Crippen LogP contribution >= 0.6 is 11.8 Å². The smallest absolute Gasteiger partial charge is 0.272 e. The average molecular weight is 303 g/mol. The molecule has 1 aliphatic rings. The number of methoxy groups -OCH3 is 1. The van der Waals surface area contributed by atoms with Crippen molar-refractivity contribution in [3.63, 3.8) is 0 Å². The molecule has 0 unspecified atom stereocenters. The molecule has 0 saturated heterocycles. The number of aromatic nitrogens is 2. The Labute approximate surface area is 127 Å². The highest BCUT2D eigenvalue weighted by Crippen LogP contribution is 2.42. The van der Waals surface area contributed by atoms with E-state index in [0.29, 0.717) is 18.8 Å². The second kappa shape index (κ2) is 5.91. The third kappa shape index (κ3) is 2.56. The minimum atomic E-state index is -0.135. The van der Waals surface area contributed by atoms with Gasteiger partial charge in [-0.05, 0) is 6.07 Å². The lowest BCUT2D eigenvalue weighted by atomic mass is 10.1. The lowest BCUT2D eigenvalue weighted by Crippen LogP contribution is -2.28. The highest BCUT2D eigenvalue weighted by Gasteiger charge is 2.27. The van der Waals surface area contributed by atoms with Crippen LogP contribution in [0.2, 0.25) is 0 Å². The molecular weight excluding hydrogens is 286 g/mol. The molecule has 1 aromatic carbocycles. The number of fused-ring (bicyclic) bond motifs is 3. The summed E-state index contributed by atoms with van der Waals surface area (Å²) in [5.41, 5.74) is 3.72. The number of carbonyl (C=O) groups is 1. The van der Waals surface area contributed by atoms with Crippen LogP contribution in [0, 0.1) is 0 Å². The molecule has 21 heavy (non-hydrogen) atoms. The molecule has 2 aromatic rings. The third-order valence-corrected chi connectivity index (χ3v) is 4.57. The Bertz CT molecular complexity index is 682. The Hall–Kier alpha value is -1.79. The van der Waals surface area contributed by atoms with Crippen LogP contribution < -0.4 is 5.32 Å². The molecule has 1 aromatic heterocycles. The molecular formula is C15H17N3O2S. The van der Waals surface area contributed by atoms with E-state index in [2.05, 4.69) is 22.5 Å². The van der Waals surface area contributed by atoms with Crippen molar-refractivity contribution < 1.29 is 9.53 Å². The molecule has 0 saturated carbocycles. The standard InChI is InChI=1S/C15H17N3O2S/c1-18-14-10-5-3-4-6-12(10)21-9-11(14)13(17-18)15(19)16-7-8-20-2/h3-6H,7-9H2,1-2H3,(H,16,19). The van der Waals surface area contributed by atoms with Crippen LogP contribution in [0.15, 0.2) is 29.2 Å². The molecule has 2 heterocycles. The second-order valence-electron chi connectivity index (χ2n) is 4.83. The van der Waals surface area contributed by atoms with Gasteiger partial charge in [0.1, 0.15) is 0 Å². The van der Waals surface area contributed by atoms with E-state index in [4.69, 9.17) is 4.74 Å². The van der Waals surface area contributed by atoms with Crippen molar-refractivity contribution >= 4 is 17.7 Å². The highest BCUT2D eigenvalue weighted by molar-refractivity contribution is 7.98. The number of rotatable bonds is 4. The summed E-state index contributed by atoms with van der Waals surface area (Å²) in [5, 5.41) is 7.26. The summed E-state index contributed by atoms with van der Waals surface area (Å²) in [4.78, 5) is 13.5. The number of hydrogen-bond acceptors (Lipinski definition) is 4. The number of nitrogens with one attached hydrogen (secondary N) is 1. The molecule has 0 radical (unpaired) electrons. The maximum atomic E-state index is 12.3. The van der Waals surface area contributed by atoms with E-state index in [-0.39, 0.29) is 5.91 Å². The number of ether oxygens (including phenoxy) is 1. The SMILES string of the molecule is COCCNC(=O)c1nn(C)c2c1CSc1ccccc1-2. The summed E-state index contributed by atoms with van der Waals surface area (Å²) in [6.07, 6.45) is 0. The molecule has 0 aliphatic carbocycles. The summed E-state index contributed by atoms with van der Waals surface area (Å²) in [6, 6.07) is 8.23. The van der Waals surface area contributed by atoms with E-state index < -0.39 is 0 Å². The predicted molar refractivity (Wildman–Crippen MR) is 82.4 cm³/mol. The van der Waals surface area contributed by atoms with Crippen molar-refractivity contribution in [1.29, 1.82) is 0 Å². The fraction of sp³-hybridized carbons (Fsp3) is 0.333. The van der Waals surface area contributed by atoms with E-state index in [1.807, 2.05) is 19.2 Å². The molecule has 6 heteroatoms. The Morgan fingerprint density at radius 1 is 1.48 bits per heavy atom. The van der Waals surface area contributed by atoms with E-state index in [1.165, 1.54) is 4.90 Å². The molecule has 0 spiro atoms. The predicted octanol–water partition coefficient (Wildman–Crippen LogP) is 2.07. The average Bonchev–Trinajstić information content (AvgIpc) is 2.85. The maximum Gasteiger partial charge on any atom is 0.272 e. The van der Waals surface area contributed by atoms with Crippen molar-refractivity contribution in [2.75, 3.05) is 20.3 Å². The van der Waals surface area contributed by atoms with Gasteiger partial charge < -0.3 is 10.1 Å². The van der Waals surface area contributed by atoms with E-state index >= 15 is 0 Å². The molecule has 110 valence electrons. The first-order valence-corrected chi connectivity index (χ1v) is 7.76. The number of benzene rings is 1. The number of carbonyl (C=O) groups excluding carboxylic acids is 1. The van der Waals surface area contributed by atoms with Crippen LogP contribution in [0.4, 0.5) is 0 Å². The second-order valence-corrected chi connectivity index (χ2v) is 5.85. The van der Waals surface area contributed by atoms with Crippen LogP contribution in [-0.4, -0.2) is 35.9 Å². The third-order valence-electron chi connectivity index (χ3n) is 3.47. The van der Waals surface area contributed by atoms with Crippen molar-refractivity contribution in [1.82, 2.24) is 15.1 Å². The first-order valence-electron chi connectivity index (χ1n) is 6.77. The molecule has 5 nitrogen and oxygen atoms in total. The fourth-order valence-corrected chi connectivity index (χ4v) is 3.58. The first-order chi connectivity index (χ1) is 10.2. The zero-order chi connectivity index (χ0) is 14.8. The van der Waals surface area contributed by atoms with Gasteiger partial charge in [-0.3, -0.25) is 9.48 Å². The molecule has 1 aliphatic heterocycles. The normalized spacial score (nSPS) is 12.7. The van der Waals surface area contributed by atoms with Gasteiger partial charge >= 0.3 is 0 Å². The van der Waals surface area contributed by atoms with Gasteiger partial charge in [0.2, 0.25) is 0 Å². The van der Waals surface area contributed by atoms with Crippen molar-refractivity contribution in [2.24, 2.45) is 7.05 Å². The summed E-state index contributed by atoms with van der Waals surface area (Å²) >= 11 is 1.75. The molecule has 1 N–H and O–H groups in total. The van der Waals surface area contributed by atoms with Crippen LogP contribution in [0.25, 0.3) is 11.3 Å². The molecule has 0 fully saturated rings. The lowest BCUT2D eigenvalue weighted by molar-refractivity contribution is 0.0930. The zero-order valence-corrected chi connectivity index (χ0v) is 12.9. The minimum absolute atomic E-state index is 0.135. The van der Waals surface area contributed by atoms with E-state index in [1.54, 1.807) is 23.6 Å². The monoisotopic (exact) mass is 303 g/mol. The summed E-state index contributed by atoms with van der Waals surface area (Å²) in [5.74, 6) is 0.636. The van der Waals surface area contributed by atoms with Gasteiger partial charge in [-0.25, -0.2) is 0 Å². The minimum Gasteiger partial charge on any atom is -0.383 e. The lowest BCUT2D eigenvalue weighted by Gasteiger charge is -2.16. The first kappa shape index (κ1) is 14.2. The van der Waals surface area contributed by atoms with Crippen LogP contribution in [0.3, 0.4) is 0 Å². The van der Waals surface area contributed by atoms with Crippen LogP contribution in [-0.2, 0) is 17.5 Å². The Balaban J connectivity index is 1.95. The van der Waals surface area contributed by atoms with Gasteiger partial charge in [-0.15, -0.1) is 11.8 Å². The molecule has 3 rings (SSSR count). The summed E-state index contributed by atoms with van der Waals surface area (Å²) < 4.78 is 6.75. The number of amides is 1. The molecule has 1 amide bonds. The van der Waals surface area contributed by atoms with Crippen molar-refractivity contribution in [2.45, 2.75) is 10.6 Å². The Morgan fingerprint density at radius 2 is 2.29 bits per heavy atom. The summed E-state index contributed by atoms with van der Waals surface area (Å²) in [6.45, 7) is 0.989. The van der Waals surface area contributed by atoms with Gasteiger partial charge in [-0.1, -0.05) is 18.2 Å². The van der Waals surface area contributed by atoms with Crippen molar-refractivity contribution in [3.05, 3.63) is 35.5 Å². The van der Waals surface area contributed by atoms with E-state index in [9.17, 15) is 4.79 Å². The fourth-order valence-electron chi connectivity index (χ4n) is 2.51. The number of nitrogens with zero attached hydrogens (tertiary/aromatic N) is 2. The van der Waals surface area contributed by atoms with Gasteiger partial charge in [0.15, 0.2) is 5.69 Å². The molecule has 0 bridgehead atoms. The van der Waals surface area contributed by atoms with Gasteiger partial charge in [0, 0.05) is 42.5 Å². The van der Waals surface area contributed by atoms with E-state index in [0.717, 1.165) is 22.6 Å². The zero-order valence-electron chi connectivity index (χ0n) is 12.0. The Morgan fingerprint density at radius 3 is 3.10 bits per heavy atom. The van der Waals surface area contributed by atoms with Gasteiger partial charge in [0.05, 0.1) is 12.3 Å². The number of thioether (sulfide) groups is 1. The van der Waals surface area contributed by atoms with Gasteiger partial charge in [0.25, 0.3) is 5.91 Å². The number of hydrogen-bond donors (Lipinski definition) is 1. The van der Waals surface area contributed by atoms with Crippen LogP contribution in [0.5, 0.6) is 0 Å². The highest BCUT2D eigenvalue weighted by atomic mass is 32.2. The van der Waals surface area contributed by atoms with Crippen molar-refractivity contribution in [3.8, 4) is 11.3 Å². The quantitative estimate of drug-likeness (QED) is 0.879. The Kier molecular flexibility index (Phi) is 3.98. The van der Waals surface area contributed by atoms with Crippen LogP contribution in [0.1, 0.15) is 16.1 Å². The molecule has 0 atom stereocenters. The number of aryl methyl sites for hydroxylation is 1.